The molecule has 40 heavy (non-hydrogen) atoms. The summed E-state index contributed by atoms with van der Waals surface area (Å²) in [5, 5.41) is 1.64. The number of hydrogen-bond donors (Lipinski definition) is 0. The van der Waals surface area contributed by atoms with Gasteiger partial charge in [0.25, 0.3) is 0 Å². The molecule has 1 unspecified atom stereocenters. The molecule has 0 spiro atoms. The van der Waals surface area contributed by atoms with Gasteiger partial charge in [0, 0.05) is 25.2 Å². The average molecular weight is 561 g/mol. The van der Waals surface area contributed by atoms with Crippen molar-refractivity contribution in [2.75, 3.05) is 33.2 Å². The van der Waals surface area contributed by atoms with E-state index < -0.39 is 34.0 Å². The van der Waals surface area contributed by atoms with Gasteiger partial charge < -0.3 is 14.4 Å². The summed E-state index contributed by atoms with van der Waals surface area (Å²) in [6.45, 7) is 1.84. The van der Waals surface area contributed by atoms with E-state index in [9.17, 15) is 18.0 Å². The number of sulfonamides is 1. The topological polar surface area (TPSA) is 93.2 Å². The number of hydrogen-bond acceptors (Lipinski definition) is 7. The minimum atomic E-state index is -4.50. The molecule has 0 aliphatic rings. The molecule has 0 N–H and O–H groups in total. The molecule has 0 amide bonds. The third-order valence-electron chi connectivity index (χ3n) is 6.78. The third-order valence-corrected chi connectivity index (χ3v) is 8.63. The molecule has 4 aromatic rings. The van der Waals surface area contributed by atoms with Crippen molar-refractivity contribution in [3.8, 4) is 0 Å². The molecule has 208 valence electrons. The smallest absolute Gasteiger partial charge is 0.335 e. The van der Waals surface area contributed by atoms with Crippen LogP contribution in [0.3, 0.4) is 0 Å². The lowest BCUT2D eigenvalue weighted by atomic mass is 9.92. The van der Waals surface area contributed by atoms with Crippen molar-refractivity contribution in [3.05, 3.63) is 108 Å². The normalized spacial score (nSPS) is 12.4. The van der Waals surface area contributed by atoms with Crippen LogP contribution in [0.4, 0.5) is 5.69 Å². The van der Waals surface area contributed by atoms with E-state index in [-0.39, 0.29) is 4.90 Å². The second-order valence-corrected chi connectivity index (χ2v) is 11.4. The molecule has 9 heteroatoms. The summed E-state index contributed by atoms with van der Waals surface area (Å²) < 4.78 is 39.9. The van der Waals surface area contributed by atoms with Gasteiger partial charge in [0.1, 0.15) is 0 Å². The van der Waals surface area contributed by atoms with E-state index in [1.807, 2.05) is 68.4 Å². The maximum Gasteiger partial charge on any atom is 0.335 e. The summed E-state index contributed by atoms with van der Waals surface area (Å²) in [6.07, 6.45) is 0. The molecule has 0 saturated heterocycles. The van der Waals surface area contributed by atoms with Crippen LogP contribution >= 0.6 is 0 Å². The fraction of sp³-hybridized carbons (Fsp3) is 0.226. The Balaban J connectivity index is 2.13. The zero-order chi connectivity index (χ0) is 29.0. The average Bonchev–Trinajstić information content (AvgIpc) is 2.96. The highest BCUT2D eigenvalue weighted by Crippen LogP contribution is 2.41. The standard InChI is InChI=1S/C31H32N2O6S/c1-21-15-17-23(18-16-21)40(36,37)33(29(30(34)38-4)31(35)39-5)28(22-11-7-6-8-12-22)26-19-20-27(32(2)3)25-14-10-9-13-24(25)26/h6-20,28-29H,1-5H3. The lowest BCUT2D eigenvalue weighted by Crippen LogP contribution is -2.52. The summed E-state index contributed by atoms with van der Waals surface area (Å²) in [5.41, 5.74) is 2.92. The lowest BCUT2D eigenvalue weighted by molar-refractivity contribution is -0.158. The van der Waals surface area contributed by atoms with Crippen LogP contribution in [0.15, 0.2) is 95.9 Å². The van der Waals surface area contributed by atoms with Gasteiger partial charge in [0.05, 0.1) is 25.2 Å². The molecule has 0 bridgehead atoms. The number of carbonyl (C=O) groups excluding carboxylic acids is 2. The second-order valence-electron chi connectivity index (χ2n) is 9.52. The van der Waals surface area contributed by atoms with Crippen molar-refractivity contribution in [2.45, 2.75) is 23.9 Å². The maximum absolute atomic E-state index is 14.5. The Morgan fingerprint density at radius 3 is 1.82 bits per heavy atom. The fourth-order valence-electron chi connectivity index (χ4n) is 4.82. The molecule has 4 rings (SSSR count). The summed E-state index contributed by atoms with van der Waals surface area (Å²) >= 11 is 0. The lowest BCUT2D eigenvalue weighted by Gasteiger charge is -2.35. The number of benzene rings is 4. The highest BCUT2D eigenvalue weighted by Gasteiger charge is 2.48. The van der Waals surface area contributed by atoms with Gasteiger partial charge in [-0.15, -0.1) is 0 Å². The third kappa shape index (κ3) is 5.43. The molecule has 0 aliphatic heterocycles. The molecule has 0 radical (unpaired) electrons. The number of anilines is 1. The number of ether oxygens (including phenoxy) is 2. The van der Waals surface area contributed by atoms with E-state index in [1.54, 1.807) is 36.4 Å². The minimum absolute atomic E-state index is 0.0777. The monoisotopic (exact) mass is 560 g/mol. The largest absolute Gasteiger partial charge is 0.467 e. The second kappa shape index (κ2) is 11.9. The van der Waals surface area contributed by atoms with Crippen molar-refractivity contribution in [1.82, 2.24) is 4.31 Å². The molecule has 1 atom stereocenters. The van der Waals surface area contributed by atoms with Crippen molar-refractivity contribution in [3.63, 3.8) is 0 Å². The van der Waals surface area contributed by atoms with Gasteiger partial charge in [0.15, 0.2) is 0 Å². The SMILES string of the molecule is COC(=O)C(C(=O)OC)N(C(c1ccccc1)c1ccc(N(C)C)c2ccccc12)S(=O)(=O)c1ccc(C)cc1. The molecule has 0 fully saturated rings. The first-order chi connectivity index (χ1) is 19.1. The maximum atomic E-state index is 14.5. The first kappa shape index (κ1) is 28.8. The number of esters is 2. The molecular formula is C31H32N2O6S. The van der Waals surface area contributed by atoms with Crippen LogP contribution in [0.5, 0.6) is 0 Å². The van der Waals surface area contributed by atoms with Crippen LogP contribution in [0, 0.1) is 6.92 Å². The van der Waals surface area contributed by atoms with Gasteiger partial charge in [0.2, 0.25) is 16.1 Å². The molecule has 0 aromatic heterocycles. The van der Waals surface area contributed by atoms with Crippen molar-refractivity contribution < 1.29 is 27.5 Å². The molecule has 0 aliphatic carbocycles. The first-order valence-electron chi connectivity index (χ1n) is 12.6. The summed E-state index contributed by atoms with van der Waals surface area (Å²) in [7, 11) is 1.56. The van der Waals surface area contributed by atoms with Crippen molar-refractivity contribution in [1.29, 1.82) is 0 Å². The van der Waals surface area contributed by atoms with Gasteiger partial charge in [-0.2, -0.15) is 4.31 Å². The Hall–Kier alpha value is -4.21. The number of carbonyl (C=O) groups is 2. The number of methoxy groups -OCH3 is 2. The van der Waals surface area contributed by atoms with Crippen LogP contribution in [0.2, 0.25) is 0 Å². The minimum Gasteiger partial charge on any atom is -0.467 e. The summed E-state index contributed by atoms with van der Waals surface area (Å²) in [4.78, 5) is 28.3. The van der Waals surface area contributed by atoms with Crippen LogP contribution in [-0.4, -0.2) is 59.0 Å². The molecule has 8 nitrogen and oxygen atoms in total. The molecule has 0 heterocycles. The fourth-order valence-corrected chi connectivity index (χ4v) is 6.51. The van der Waals surface area contributed by atoms with Gasteiger partial charge in [-0.3, -0.25) is 0 Å². The van der Waals surface area contributed by atoms with E-state index in [1.165, 1.54) is 12.1 Å². The van der Waals surface area contributed by atoms with Crippen LogP contribution in [-0.2, 0) is 29.1 Å². The van der Waals surface area contributed by atoms with Crippen LogP contribution in [0.25, 0.3) is 10.8 Å². The van der Waals surface area contributed by atoms with E-state index in [0.29, 0.717) is 11.1 Å². The van der Waals surface area contributed by atoms with E-state index in [4.69, 9.17) is 9.47 Å². The van der Waals surface area contributed by atoms with Gasteiger partial charge in [-0.1, -0.05) is 78.4 Å². The zero-order valence-electron chi connectivity index (χ0n) is 23.1. The Bertz CT molecular complexity index is 1600. The Morgan fingerprint density at radius 1 is 0.725 bits per heavy atom. The van der Waals surface area contributed by atoms with Gasteiger partial charge in [-0.25, -0.2) is 18.0 Å². The van der Waals surface area contributed by atoms with Crippen LogP contribution < -0.4 is 4.90 Å². The molecule has 4 aromatic carbocycles. The van der Waals surface area contributed by atoms with E-state index in [0.717, 1.165) is 40.5 Å². The number of fused-ring (bicyclic) bond motifs is 1. The Kier molecular flexibility index (Phi) is 8.56. The summed E-state index contributed by atoms with van der Waals surface area (Å²) in [5.74, 6) is -2.12. The first-order valence-corrected chi connectivity index (χ1v) is 14.1. The Morgan fingerprint density at radius 2 is 1.27 bits per heavy atom. The highest BCUT2D eigenvalue weighted by atomic mass is 32.2. The van der Waals surface area contributed by atoms with Gasteiger partial charge >= 0.3 is 11.9 Å². The van der Waals surface area contributed by atoms with E-state index in [2.05, 4.69) is 0 Å². The number of aryl methyl sites for hydroxylation is 1. The Labute approximate surface area is 234 Å². The predicted molar refractivity (Wildman–Crippen MR) is 155 cm³/mol. The number of rotatable bonds is 9. The zero-order valence-corrected chi connectivity index (χ0v) is 23.9. The van der Waals surface area contributed by atoms with Gasteiger partial charge in [-0.05, 0) is 41.6 Å². The number of nitrogens with zero attached hydrogens (tertiary/aromatic N) is 2. The highest BCUT2D eigenvalue weighted by molar-refractivity contribution is 7.89. The molecule has 0 saturated carbocycles. The molecular weight excluding hydrogens is 528 g/mol. The quantitative estimate of drug-likeness (QED) is 0.216. The van der Waals surface area contributed by atoms with E-state index >= 15 is 0 Å². The summed E-state index contributed by atoms with van der Waals surface area (Å²) in [6, 6.07) is 23.5. The van der Waals surface area contributed by atoms with Crippen LogP contribution in [0.1, 0.15) is 22.7 Å². The van der Waals surface area contributed by atoms with Crippen molar-refractivity contribution >= 4 is 38.4 Å². The predicted octanol–water partition coefficient (Wildman–Crippen LogP) is 4.71. The van der Waals surface area contributed by atoms with Crippen molar-refractivity contribution in [2.24, 2.45) is 0 Å².